The quantitative estimate of drug-likeness (QED) is 0.842. The summed E-state index contributed by atoms with van der Waals surface area (Å²) in [5.41, 5.74) is 2.49. The van der Waals surface area contributed by atoms with Crippen LogP contribution in [0.5, 0.6) is 0 Å². The molecule has 1 unspecified atom stereocenters. The van der Waals surface area contributed by atoms with Crippen LogP contribution in [0, 0.1) is 6.92 Å². The van der Waals surface area contributed by atoms with Gasteiger partial charge < -0.3 is 15.1 Å². The van der Waals surface area contributed by atoms with E-state index in [2.05, 4.69) is 29.3 Å². The maximum Gasteiger partial charge on any atom is 0.241 e. The number of aryl methyl sites for hydroxylation is 1. The minimum atomic E-state index is -0.103. The van der Waals surface area contributed by atoms with E-state index in [1.54, 1.807) is 19.0 Å². The third kappa shape index (κ3) is 2.64. The number of amides is 1. The normalized spacial score (nSPS) is 19.7. The number of rotatable bonds is 2. The van der Waals surface area contributed by atoms with Crippen LogP contribution in [0.1, 0.15) is 5.56 Å². The van der Waals surface area contributed by atoms with Crippen LogP contribution in [0.15, 0.2) is 24.3 Å². The van der Waals surface area contributed by atoms with Crippen LogP contribution in [0.25, 0.3) is 0 Å². The van der Waals surface area contributed by atoms with E-state index in [0.29, 0.717) is 0 Å². The Balaban J connectivity index is 2.12. The second-order valence-corrected chi connectivity index (χ2v) is 4.97. The molecular weight excluding hydrogens is 226 g/mol. The number of para-hydroxylation sites is 1. The van der Waals surface area contributed by atoms with Gasteiger partial charge in [0, 0.05) is 39.4 Å². The van der Waals surface area contributed by atoms with Crippen molar-refractivity contribution >= 4 is 11.6 Å². The molecule has 18 heavy (non-hydrogen) atoms. The van der Waals surface area contributed by atoms with Crippen LogP contribution in [0.2, 0.25) is 0 Å². The Kier molecular flexibility index (Phi) is 3.87. The standard InChI is InChI=1S/C14H21N3O/c1-11-6-4-5-7-13(11)17-9-8-15-12(10-17)14(18)16(2)3/h4-7,12,15H,8-10H2,1-3H3. The monoisotopic (exact) mass is 247 g/mol. The lowest BCUT2D eigenvalue weighted by Crippen LogP contribution is -2.57. The number of piperazine rings is 1. The molecule has 1 aromatic carbocycles. The van der Waals surface area contributed by atoms with Gasteiger partial charge in [-0.05, 0) is 18.6 Å². The van der Waals surface area contributed by atoms with Gasteiger partial charge in [-0.15, -0.1) is 0 Å². The van der Waals surface area contributed by atoms with Crippen molar-refractivity contribution in [2.75, 3.05) is 38.6 Å². The molecule has 2 rings (SSSR count). The maximum atomic E-state index is 12.0. The average Bonchev–Trinajstić information content (AvgIpc) is 2.38. The molecule has 1 aliphatic heterocycles. The molecule has 1 amide bonds. The first-order valence-electron chi connectivity index (χ1n) is 6.34. The number of hydrogen-bond donors (Lipinski definition) is 1. The number of hydrogen-bond acceptors (Lipinski definition) is 3. The molecule has 1 saturated heterocycles. The molecule has 1 heterocycles. The summed E-state index contributed by atoms with van der Waals surface area (Å²) < 4.78 is 0. The van der Waals surface area contributed by atoms with Gasteiger partial charge in [-0.1, -0.05) is 18.2 Å². The molecule has 4 nitrogen and oxygen atoms in total. The van der Waals surface area contributed by atoms with E-state index in [-0.39, 0.29) is 11.9 Å². The van der Waals surface area contributed by atoms with Gasteiger partial charge in [0.05, 0.1) is 0 Å². The van der Waals surface area contributed by atoms with Crippen molar-refractivity contribution in [2.45, 2.75) is 13.0 Å². The van der Waals surface area contributed by atoms with Crippen LogP contribution in [0.4, 0.5) is 5.69 Å². The van der Waals surface area contributed by atoms with E-state index < -0.39 is 0 Å². The smallest absolute Gasteiger partial charge is 0.241 e. The largest absolute Gasteiger partial charge is 0.368 e. The summed E-state index contributed by atoms with van der Waals surface area (Å²) in [6.45, 7) is 4.64. The van der Waals surface area contributed by atoms with Crippen molar-refractivity contribution in [1.82, 2.24) is 10.2 Å². The highest BCUT2D eigenvalue weighted by Gasteiger charge is 2.26. The first-order chi connectivity index (χ1) is 8.59. The Bertz CT molecular complexity index is 431. The SMILES string of the molecule is Cc1ccccc1N1CCNC(C(=O)N(C)C)C1. The van der Waals surface area contributed by atoms with Gasteiger partial charge in [-0.25, -0.2) is 0 Å². The summed E-state index contributed by atoms with van der Waals surface area (Å²) in [6, 6.07) is 8.22. The van der Waals surface area contributed by atoms with Crippen molar-refractivity contribution in [1.29, 1.82) is 0 Å². The Morgan fingerprint density at radius 1 is 1.39 bits per heavy atom. The number of nitrogens with zero attached hydrogens (tertiary/aromatic N) is 2. The van der Waals surface area contributed by atoms with Gasteiger partial charge in [-0.3, -0.25) is 4.79 Å². The number of likely N-dealkylation sites (N-methyl/N-ethyl adjacent to an activating group) is 1. The second-order valence-electron chi connectivity index (χ2n) is 4.97. The molecule has 1 aromatic rings. The van der Waals surface area contributed by atoms with Gasteiger partial charge in [0.2, 0.25) is 5.91 Å². The molecule has 0 radical (unpaired) electrons. The number of nitrogens with one attached hydrogen (secondary N) is 1. The van der Waals surface area contributed by atoms with E-state index in [4.69, 9.17) is 0 Å². The van der Waals surface area contributed by atoms with Crippen LogP contribution in [-0.2, 0) is 4.79 Å². The predicted octanol–water partition coefficient (Wildman–Crippen LogP) is 0.861. The summed E-state index contributed by atoms with van der Waals surface area (Å²) >= 11 is 0. The summed E-state index contributed by atoms with van der Waals surface area (Å²) in [5.74, 6) is 0.147. The lowest BCUT2D eigenvalue weighted by atomic mass is 10.1. The molecule has 0 saturated carbocycles. The van der Waals surface area contributed by atoms with Crippen molar-refractivity contribution in [3.05, 3.63) is 29.8 Å². The third-order valence-electron chi connectivity index (χ3n) is 3.37. The molecule has 0 spiro atoms. The number of benzene rings is 1. The molecule has 0 aliphatic carbocycles. The van der Waals surface area contributed by atoms with Crippen LogP contribution in [-0.4, -0.2) is 50.6 Å². The van der Waals surface area contributed by atoms with E-state index in [1.807, 2.05) is 12.1 Å². The Hall–Kier alpha value is -1.55. The number of carbonyl (C=O) groups excluding carboxylic acids is 1. The highest BCUT2D eigenvalue weighted by Crippen LogP contribution is 2.20. The molecule has 1 fully saturated rings. The molecule has 0 aromatic heterocycles. The minimum absolute atomic E-state index is 0.103. The van der Waals surface area contributed by atoms with Gasteiger partial charge in [0.15, 0.2) is 0 Å². The number of anilines is 1. The van der Waals surface area contributed by atoms with Gasteiger partial charge in [0.25, 0.3) is 0 Å². The fraction of sp³-hybridized carbons (Fsp3) is 0.500. The highest BCUT2D eigenvalue weighted by molar-refractivity contribution is 5.82. The lowest BCUT2D eigenvalue weighted by molar-refractivity contribution is -0.130. The predicted molar refractivity (Wildman–Crippen MR) is 73.9 cm³/mol. The fourth-order valence-corrected chi connectivity index (χ4v) is 2.36. The van der Waals surface area contributed by atoms with Crippen LogP contribution in [0.3, 0.4) is 0 Å². The van der Waals surface area contributed by atoms with Crippen molar-refractivity contribution in [3.63, 3.8) is 0 Å². The van der Waals surface area contributed by atoms with Crippen molar-refractivity contribution < 1.29 is 4.79 Å². The molecule has 0 bridgehead atoms. The van der Waals surface area contributed by atoms with Crippen molar-refractivity contribution in [3.8, 4) is 0 Å². The zero-order valence-corrected chi connectivity index (χ0v) is 11.3. The van der Waals surface area contributed by atoms with E-state index in [1.165, 1.54) is 11.3 Å². The highest BCUT2D eigenvalue weighted by atomic mass is 16.2. The Morgan fingerprint density at radius 3 is 2.78 bits per heavy atom. The van der Waals surface area contributed by atoms with E-state index >= 15 is 0 Å². The van der Waals surface area contributed by atoms with E-state index in [0.717, 1.165) is 19.6 Å². The molecule has 4 heteroatoms. The summed E-state index contributed by atoms with van der Waals surface area (Å²) in [5, 5.41) is 3.29. The fourth-order valence-electron chi connectivity index (χ4n) is 2.36. The molecular formula is C14H21N3O. The van der Waals surface area contributed by atoms with Crippen LogP contribution >= 0.6 is 0 Å². The molecule has 1 atom stereocenters. The first-order valence-corrected chi connectivity index (χ1v) is 6.34. The molecule has 1 aliphatic rings. The first kappa shape index (κ1) is 12.9. The molecule has 1 N–H and O–H groups in total. The van der Waals surface area contributed by atoms with Crippen LogP contribution < -0.4 is 10.2 Å². The zero-order valence-electron chi connectivity index (χ0n) is 11.3. The lowest BCUT2D eigenvalue weighted by Gasteiger charge is -2.36. The zero-order chi connectivity index (χ0) is 13.1. The second kappa shape index (κ2) is 5.40. The minimum Gasteiger partial charge on any atom is -0.368 e. The summed E-state index contributed by atoms with van der Waals surface area (Å²) in [7, 11) is 3.60. The Morgan fingerprint density at radius 2 is 2.11 bits per heavy atom. The molecule has 98 valence electrons. The van der Waals surface area contributed by atoms with Gasteiger partial charge in [-0.2, -0.15) is 0 Å². The summed E-state index contributed by atoms with van der Waals surface area (Å²) in [4.78, 5) is 15.9. The van der Waals surface area contributed by atoms with Gasteiger partial charge in [0.1, 0.15) is 6.04 Å². The average molecular weight is 247 g/mol. The third-order valence-corrected chi connectivity index (χ3v) is 3.37. The maximum absolute atomic E-state index is 12.0. The topological polar surface area (TPSA) is 35.6 Å². The van der Waals surface area contributed by atoms with Crippen molar-refractivity contribution in [2.24, 2.45) is 0 Å². The summed E-state index contributed by atoms with van der Waals surface area (Å²) in [6.07, 6.45) is 0. The van der Waals surface area contributed by atoms with E-state index in [9.17, 15) is 4.79 Å². The van der Waals surface area contributed by atoms with Gasteiger partial charge >= 0.3 is 0 Å². The Labute approximate surface area is 109 Å². The number of carbonyl (C=O) groups is 1.